The van der Waals surface area contributed by atoms with Gasteiger partial charge in [0.25, 0.3) is 0 Å². The molecule has 0 saturated carbocycles. The third kappa shape index (κ3) is 4.26. The van der Waals surface area contributed by atoms with Gasteiger partial charge in [-0.05, 0) is 33.3 Å². The Balaban J connectivity index is 2.58. The van der Waals surface area contributed by atoms with Crippen LogP contribution < -0.4 is 5.48 Å². The maximum Gasteiger partial charge on any atom is 0.410 e. The van der Waals surface area contributed by atoms with Gasteiger partial charge in [-0.3, -0.25) is 10.3 Å². The number of hydroxylamine groups is 1. The minimum Gasteiger partial charge on any atom is -0.444 e. The molecule has 0 unspecified atom stereocenters. The fourth-order valence-corrected chi connectivity index (χ4v) is 1.66. The zero-order valence-corrected chi connectivity index (χ0v) is 11.3. The van der Waals surface area contributed by atoms with Crippen LogP contribution >= 0.6 is 0 Å². The fourth-order valence-electron chi connectivity index (χ4n) is 1.66. The highest BCUT2D eigenvalue weighted by Crippen LogP contribution is 2.18. The van der Waals surface area contributed by atoms with Crippen molar-refractivity contribution < 1.29 is 14.4 Å². The van der Waals surface area contributed by atoms with Crippen molar-refractivity contribution in [3.05, 3.63) is 11.3 Å². The van der Waals surface area contributed by atoms with E-state index < -0.39 is 5.60 Å². The number of nitrogens with zero attached hydrogens (tertiary/aromatic N) is 1. The molecule has 5 heteroatoms. The second-order valence-corrected chi connectivity index (χ2v) is 5.22. The fraction of sp³-hybridized carbons (Fsp3) is 0.750. The summed E-state index contributed by atoms with van der Waals surface area (Å²) in [6.45, 7) is 8.83. The van der Waals surface area contributed by atoms with Crippen molar-refractivity contribution in [1.82, 2.24) is 10.4 Å². The van der Waals surface area contributed by atoms with E-state index in [2.05, 4.69) is 5.48 Å². The maximum atomic E-state index is 11.9. The first kappa shape index (κ1) is 13.8. The molecule has 0 aromatic carbocycles. The van der Waals surface area contributed by atoms with Crippen LogP contribution in [0.15, 0.2) is 11.3 Å². The predicted molar refractivity (Wildman–Crippen MR) is 65.3 cm³/mol. The third-order valence-corrected chi connectivity index (χ3v) is 2.45. The lowest BCUT2D eigenvalue weighted by molar-refractivity contribution is 0.0245. The Morgan fingerprint density at radius 1 is 1.41 bits per heavy atom. The van der Waals surface area contributed by atoms with Gasteiger partial charge in [0.2, 0.25) is 0 Å². The molecular formula is C12H22N2O3. The second-order valence-electron chi connectivity index (χ2n) is 5.22. The van der Waals surface area contributed by atoms with E-state index in [4.69, 9.17) is 9.57 Å². The van der Waals surface area contributed by atoms with Crippen molar-refractivity contribution in [2.75, 3.05) is 20.2 Å². The lowest BCUT2D eigenvalue weighted by atomic mass is 10.1. The highest BCUT2D eigenvalue weighted by Gasteiger charge is 2.25. The number of nitrogens with one attached hydrogen (secondary N) is 1. The molecule has 0 saturated heterocycles. The Morgan fingerprint density at radius 3 is 2.53 bits per heavy atom. The van der Waals surface area contributed by atoms with Gasteiger partial charge in [0.05, 0.1) is 7.11 Å². The average molecular weight is 242 g/mol. The number of hydrogen-bond donors (Lipinski definition) is 1. The molecular weight excluding hydrogens is 220 g/mol. The van der Waals surface area contributed by atoms with Gasteiger partial charge in [-0.15, -0.1) is 0 Å². The molecule has 5 nitrogen and oxygen atoms in total. The number of carbonyl (C=O) groups is 1. The minimum atomic E-state index is -0.445. The molecule has 0 atom stereocenters. The number of hydrogen-bond acceptors (Lipinski definition) is 4. The van der Waals surface area contributed by atoms with Crippen LogP contribution in [0.1, 0.15) is 34.1 Å². The van der Waals surface area contributed by atoms with Crippen LogP contribution in [0, 0.1) is 0 Å². The Hall–Kier alpha value is -1.23. The van der Waals surface area contributed by atoms with E-state index in [1.807, 2.05) is 27.7 Å². The summed E-state index contributed by atoms with van der Waals surface area (Å²) >= 11 is 0. The Bertz CT molecular complexity index is 318. The largest absolute Gasteiger partial charge is 0.444 e. The molecule has 1 N–H and O–H groups in total. The van der Waals surface area contributed by atoms with Crippen molar-refractivity contribution in [3.8, 4) is 0 Å². The van der Waals surface area contributed by atoms with E-state index in [9.17, 15) is 4.79 Å². The first-order valence-corrected chi connectivity index (χ1v) is 5.79. The van der Waals surface area contributed by atoms with Gasteiger partial charge >= 0.3 is 6.09 Å². The highest BCUT2D eigenvalue weighted by molar-refractivity contribution is 5.68. The van der Waals surface area contributed by atoms with Crippen molar-refractivity contribution in [2.45, 2.75) is 39.7 Å². The summed E-state index contributed by atoms with van der Waals surface area (Å²) in [5.41, 5.74) is 4.55. The standard InChI is InChI=1S/C12H22N2O3/c1-9-8-14(7-6-10(9)13-16-5)11(15)17-12(2,3)4/h13H,6-8H2,1-5H3. The van der Waals surface area contributed by atoms with Crippen LogP contribution in [0.5, 0.6) is 0 Å². The van der Waals surface area contributed by atoms with Gasteiger partial charge < -0.3 is 9.64 Å². The van der Waals surface area contributed by atoms with E-state index in [-0.39, 0.29) is 6.09 Å². The molecule has 0 aliphatic carbocycles. The molecule has 1 amide bonds. The molecule has 0 radical (unpaired) electrons. The summed E-state index contributed by atoms with van der Waals surface area (Å²) < 4.78 is 5.33. The predicted octanol–water partition coefficient (Wildman–Crippen LogP) is 2.05. The van der Waals surface area contributed by atoms with E-state index in [1.54, 1.807) is 12.0 Å². The maximum absolute atomic E-state index is 11.9. The van der Waals surface area contributed by atoms with Gasteiger partial charge in [-0.2, -0.15) is 0 Å². The Kier molecular flexibility index (Phi) is 4.40. The quantitative estimate of drug-likeness (QED) is 0.753. The van der Waals surface area contributed by atoms with Gasteiger partial charge in [0, 0.05) is 25.2 Å². The van der Waals surface area contributed by atoms with Crippen LogP contribution in [-0.4, -0.2) is 36.8 Å². The van der Waals surface area contributed by atoms with Crippen LogP contribution in [-0.2, 0) is 9.57 Å². The molecule has 0 aromatic rings. The van der Waals surface area contributed by atoms with Crippen LogP contribution in [0.3, 0.4) is 0 Å². The lowest BCUT2D eigenvalue weighted by Crippen LogP contribution is -2.41. The molecule has 98 valence electrons. The Morgan fingerprint density at radius 2 is 2.06 bits per heavy atom. The normalized spacial score (nSPS) is 17.1. The van der Waals surface area contributed by atoms with Gasteiger partial charge in [-0.1, -0.05) is 0 Å². The van der Waals surface area contributed by atoms with E-state index >= 15 is 0 Å². The zero-order chi connectivity index (χ0) is 13.1. The smallest absolute Gasteiger partial charge is 0.410 e. The number of ether oxygens (including phenoxy) is 1. The molecule has 1 heterocycles. The summed E-state index contributed by atoms with van der Waals surface area (Å²) in [5.74, 6) is 0. The summed E-state index contributed by atoms with van der Waals surface area (Å²) in [6, 6.07) is 0. The summed E-state index contributed by atoms with van der Waals surface area (Å²) in [4.78, 5) is 18.4. The minimum absolute atomic E-state index is 0.256. The van der Waals surface area contributed by atoms with Crippen LogP contribution in [0.25, 0.3) is 0 Å². The highest BCUT2D eigenvalue weighted by atomic mass is 16.6. The van der Waals surface area contributed by atoms with Crippen LogP contribution in [0.4, 0.5) is 4.79 Å². The van der Waals surface area contributed by atoms with Gasteiger partial charge in [0.15, 0.2) is 0 Å². The number of carbonyl (C=O) groups excluding carboxylic acids is 1. The molecule has 0 fully saturated rings. The molecule has 0 spiro atoms. The van der Waals surface area contributed by atoms with E-state index in [1.165, 1.54) is 0 Å². The summed E-state index contributed by atoms with van der Waals surface area (Å²) in [6.07, 6.45) is 0.507. The van der Waals surface area contributed by atoms with Crippen molar-refractivity contribution in [3.63, 3.8) is 0 Å². The van der Waals surface area contributed by atoms with Gasteiger partial charge in [0.1, 0.15) is 5.60 Å². The van der Waals surface area contributed by atoms with E-state index in [0.29, 0.717) is 13.1 Å². The first-order chi connectivity index (χ1) is 7.83. The number of amides is 1. The Labute approximate surface area is 103 Å². The molecule has 0 bridgehead atoms. The first-order valence-electron chi connectivity index (χ1n) is 5.79. The summed E-state index contributed by atoms with van der Waals surface area (Å²) in [5, 5.41) is 0. The number of rotatable bonds is 2. The van der Waals surface area contributed by atoms with Crippen molar-refractivity contribution in [1.29, 1.82) is 0 Å². The topological polar surface area (TPSA) is 50.8 Å². The second kappa shape index (κ2) is 5.40. The molecule has 17 heavy (non-hydrogen) atoms. The molecule has 0 aromatic heterocycles. The monoisotopic (exact) mass is 242 g/mol. The van der Waals surface area contributed by atoms with Gasteiger partial charge in [-0.25, -0.2) is 4.79 Å². The SMILES string of the molecule is CONC1=C(C)CN(C(=O)OC(C)(C)C)CC1. The molecule has 1 aliphatic heterocycles. The van der Waals surface area contributed by atoms with E-state index in [0.717, 1.165) is 17.7 Å². The van der Waals surface area contributed by atoms with Crippen molar-refractivity contribution >= 4 is 6.09 Å². The van der Waals surface area contributed by atoms with Crippen LogP contribution in [0.2, 0.25) is 0 Å². The zero-order valence-electron chi connectivity index (χ0n) is 11.3. The molecule has 1 aliphatic rings. The van der Waals surface area contributed by atoms with Crippen molar-refractivity contribution in [2.24, 2.45) is 0 Å². The summed E-state index contributed by atoms with van der Waals surface area (Å²) in [7, 11) is 1.58. The molecule has 1 rings (SSSR count). The third-order valence-electron chi connectivity index (χ3n) is 2.45. The lowest BCUT2D eigenvalue weighted by Gasteiger charge is -2.31. The average Bonchev–Trinajstić information content (AvgIpc) is 2.18.